The van der Waals surface area contributed by atoms with Crippen LogP contribution in [0.25, 0.3) is 0 Å². The fourth-order valence-electron chi connectivity index (χ4n) is 1.65. The molecule has 0 radical (unpaired) electrons. The van der Waals surface area contributed by atoms with Crippen molar-refractivity contribution < 1.29 is 19.1 Å². The van der Waals surface area contributed by atoms with Crippen molar-refractivity contribution >= 4 is 5.69 Å². The number of rotatable bonds is 9. The first kappa shape index (κ1) is 16.2. The molecule has 0 aliphatic heterocycles. The standard InChI is InChI=1S/C13H20N2O5/c1-3-4-19-5-6-20-13-8-11(15(16)17)10(9-14)7-12(13)18-2/h7-8H,3-6,9,14H2,1-2H3. The summed E-state index contributed by atoms with van der Waals surface area (Å²) in [5.41, 5.74) is 5.83. The monoisotopic (exact) mass is 284 g/mol. The van der Waals surface area contributed by atoms with Crippen molar-refractivity contribution in [2.45, 2.75) is 19.9 Å². The molecule has 0 unspecified atom stereocenters. The van der Waals surface area contributed by atoms with Crippen LogP contribution in [0.5, 0.6) is 11.5 Å². The second-order valence-electron chi connectivity index (χ2n) is 4.05. The third kappa shape index (κ3) is 4.36. The number of nitro benzene ring substituents is 1. The zero-order valence-corrected chi connectivity index (χ0v) is 11.8. The highest BCUT2D eigenvalue weighted by molar-refractivity contribution is 5.54. The lowest BCUT2D eigenvalue weighted by molar-refractivity contribution is -0.385. The highest BCUT2D eigenvalue weighted by atomic mass is 16.6. The summed E-state index contributed by atoms with van der Waals surface area (Å²) in [5.74, 6) is 0.739. The first-order chi connectivity index (χ1) is 9.63. The van der Waals surface area contributed by atoms with Gasteiger partial charge in [0.1, 0.15) is 6.61 Å². The Labute approximate surface area is 117 Å². The van der Waals surface area contributed by atoms with Crippen LogP contribution in [0.2, 0.25) is 0 Å². The van der Waals surface area contributed by atoms with Crippen LogP contribution in [0.15, 0.2) is 12.1 Å². The van der Waals surface area contributed by atoms with Gasteiger partial charge in [-0.25, -0.2) is 0 Å². The smallest absolute Gasteiger partial charge is 0.277 e. The summed E-state index contributed by atoms with van der Waals surface area (Å²) in [4.78, 5) is 10.5. The van der Waals surface area contributed by atoms with Crippen LogP contribution < -0.4 is 15.2 Å². The Morgan fingerprint density at radius 2 is 2.00 bits per heavy atom. The van der Waals surface area contributed by atoms with Crippen LogP contribution in [-0.4, -0.2) is 31.9 Å². The lowest BCUT2D eigenvalue weighted by atomic mass is 10.1. The van der Waals surface area contributed by atoms with Crippen LogP contribution in [0, 0.1) is 10.1 Å². The van der Waals surface area contributed by atoms with Crippen LogP contribution in [0.1, 0.15) is 18.9 Å². The minimum absolute atomic E-state index is 0.0621. The van der Waals surface area contributed by atoms with Gasteiger partial charge in [0, 0.05) is 18.7 Å². The molecule has 0 bridgehead atoms. The summed E-state index contributed by atoms with van der Waals surface area (Å²) in [6, 6.07) is 2.86. The number of hydrogen-bond acceptors (Lipinski definition) is 6. The lowest BCUT2D eigenvalue weighted by Crippen LogP contribution is -2.09. The molecular formula is C13H20N2O5. The molecule has 112 valence electrons. The van der Waals surface area contributed by atoms with Gasteiger partial charge in [-0.1, -0.05) is 6.92 Å². The quantitative estimate of drug-likeness (QED) is 0.422. The van der Waals surface area contributed by atoms with E-state index in [9.17, 15) is 10.1 Å². The Kier molecular flexibility index (Phi) is 6.75. The second-order valence-corrected chi connectivity index (χ2v) is 4.05. The molecule has 1 aromatic carbocycles. The fraction of sp³-hybridized carbons (Fsp3) is 0.538. The van der Waals surface area contributed by atoms with E-state index in [4.69, 9.17) is 19.9 Å². The van der Waals surface area contributed by atoms with Crippen molar-refractivity contribution in [3.63, 3.8) is 0 Å². The topological polar surface area (TPSA) is 96.8 Å². The van der Waals surface area contributed by atoms with E-state index in [0.29, 0.717) is 36.9 Å². The summed E-state index contributed by atoms with van der Waals surface area (Å²) in [6.45, 7) is 3.46. The molecule has 0 spiro atoms. The third-order valence-electron chi connectivity index (χ3n) is 2.62. The number of nitrogens with two attached hydrogens (primary N) is 1. The van der Waals surface area contributed by atoms with Crippen LogP contribution in [-0.2, 0) is 11.3 Å². The molecule has 0 fully saturated rings. The number of hydrogen-bond donors (Lipinski definition) is 1. The molecule has 0 amide bonds. The summed E-state index contributed by atoms with van der Waals surface area (Å²) < 4.78 is 15.9. The lowest BCUT2D eigenvalue weighted by Gasteiger charge is -2.12. The Balaban J connectivity index is 2.82. The third-order valence-corrected chi connectivity index (χ3v) is 2.62. The first-order valence-electron chi connectivity index (χ1n) is 6.39. The molecule has 0 aliphatic carbocycles. The maximum absolute atomic E-state index is 11.0. The molecule has 0 heterocycles. The predicted octanol–water partition coefficient (Wildman–Crippen LogP) is 1.87. The molecule has 0 saturated carbocycles. The molecule has 7 heteroatoms. The molecule has 0 aromatic heterocycles. The van der Waals surface area contributed by atoms with Crippen molar-refractivity contribution in [1.29, 1.82) is 0 Å². The summed E-state index contributed by atoms with van der Waals surface area (Å²) in [5, 5.41) is 11.0. The van der Waals surface area contributed by atoms with Gasteiger partial charge < -0.3 is 19.9 Å². The Morgan fingerprint density at radius 1 is 1.25 bits per heavy atom. The molecule has 7 nitrogen and oxygen atoms in total. The van der Waals surface area contributed by atoms with Crippen LogP contribution >= 0.6 is 0 Å². The van der Waals surface area contributed by atoms with Gasteiger partial charge in [-0.3, -0.25) is 10.1 Å². The largest absolute Gasteiger partial charge is 0.493 e. The van der Waals surface area contributed by atoms with Crippen LogP contribution in [0.4, 0.5) is 5.69 Å². The highest BCUT2D eigenvalue weighted by Gasteiger charge is 2.18. The van der Waals surface area contributed by atoms with Crippen molar-refractivity contribution in [2.24, 2.45) is 5.73 Å². The average molecular weight is 284 g/mol. The molecule has 2 N–H and O–H groups in total. The molecule has 0 aliphatic rings. The van der Waals surface area contributed by atoms with E-state index in [1.54, 1.807) is 0 Å². The van der Waals surface area contributed by atoms with Gasteiger partial charge in [0.25, 0.3) is 5.69 Å². The minimum Gasteiger partial charge on any atom is -0.493 e. The molecule has 0 atom stereocenters. The summed E-state index contributed by atoms with van der Waals surface area (Å²) in [6.07, 6.45) is 0.931. The van der Waals surface area contributed by atoms with E-state index in [1.807, 2.05) is 6.92 Å². The maximum atomic E-state index is 11.0. The van der Waals surface area contributed by atoms with Gasteiger partial charge in [0.2, 0.25) is 0 Å². The maximum Gasteiger partial charge on any atom is 0.277 e. The van der Waals surface area contributed by atoms with Crippen molar-refractivity contribution in [3.8, 4) is 11.5 Å². The number of methoxy groups -OCH3 is 1. The SMILES string of the molecule is CCCOCCOc1cc([N+](=O)[O-])c(CN)cc1OC. The number of nitrogens with zero attached hydrogens (tertiary/aromatic N) is 1. The number of ether oxygens (including phenoxy) is 3. The van der Waals surface area contributed by atoms with E-state index in [0.717, 1.165) is 6.42 Å². The summed E-state index contributed by atoms with van der Waals surface area (Å²) >= 11 is 0. The number of benzene rings is 1. The Morgan fingerprint density at radius 3 is 2.55 bits per heavy atom. The molecule has 20 heavy (non-hydrogen) atoms. The fourth-order valence-corrected chi connectivity index (χ4v) is 1.65. The molecule has 1 aromatic rings. The van der Waals surface area contributed by atoms with Gasteiger partial charge in [0.15, 0.2) is 11.5 Å². The van der Waals surface area contributed by atoms with E-state index in [2.05, 4.69) is 0 Å². The van der Waals surface area contributed by atoms with Gasteiger partial charge in [-0.05, 0) is 12.5 Å². The van der Waals surface area contributed by atoms with E-state index >= 15 is 0 Å². The number of nitro groups is 1. The van der Waals surface area contributed by atoms with Gasteiger partial charge in [-0.15, -0.1) is 0 Å². The summed E-state index contributed by atoms with van der Waals surface area (Å²) in [7, 11) is 1.47. The zero-order chi connectivity index (χ0) is 15.0. The van der Waals surface area contributed by atoms with Crippen molar-refractivity contribution in [3.05, 3.63) is 27.8 Å². The van der Waals surface area contributed by atoms with Crippen molar-refractivity contribution in [1.82, 2.24) is 0 Å². The first-order valence-corrected chi connectivity index (χ1v) is 6.39. The Hall–Kier alpha value is -1.86. The second kappa shape index (κ2) is 8.34. The van der Waals surface area contributed by atoms with Gasteiger partial charge in [0.05, 0.1) is 24.7 Å². The average Bonchev–Trinajstić information content (AvgIpc) is 2.46. The van der Waals surface area contributed by atoms with Crippen LogP contribution in [0.3, 0.4) is 0 Å². The molecule has 0 saturated heterocycles. The van der Waals surface area contributed by atoms with Gasteiger partial charge >= 0.3 is 0 Å². The Bertz CT molecular complexity index is 451. The van der Waals surface area contributed by atoms with Gasteiger partial charge in [-0.2, -0.15) is 0 Å². The van der Waals surface area contributed by atoms with E-state index < -0.39 is 4.92 Å². The normalized spacial score (nSPS) is 10.3. The zero-order valence-electron chi connectivity index (χ0n) is 11.8. The van der Waals surface area contributed by atoms with E-state index in [1.165, 1.54) is 19.2 Å². The van der Waals surface area contributed by atoms with Crippen molar-refractivity contribution in [2.75, 3.05) is 26.9 Å². The predicted molar refractivity (Wildman–Crippen MR) is 74.1 cm³/mol. The molecule has 1 rings (SSSR count). The van der Waals surface area contributed by atoms with E-state index in [-0.39, 0.29) is 12.2 Å². The minimum atomic E-state index is -0.484. The molecular weight excluding hydrogens is 264 g/mol. The highest BCUT2D eigenvalue weighted by Crippen LogP contribution is 2.34.